The number of hydrogen-bond donors (Lipinski definition) is 2. The Morgan fingerprint density at radius 3 is 2.88 bits per heavy atom. The molecule has 1 heterocycles. The maximum absolute atomic E-state index is 11.2. The van der Waals surface area contributed by atoms with Crippen LogP contribution in [0.15, 0.2) is 0 Å². The largest absolute Gasteiger partial charge is 0.305 e. The molecule has 2 unspecified atom stereocenters. The molecule has 0 bridgehead atoms. The topological polar surface area (TPSA) is 61.6 Å². The molecule has 94 valence electrons. The Labute approximate surface area is 97.9 Å². The minimum Gasteiger partial charge on any atom is -0.305 e. The average molecular weight is 228 g/mol. The van der Waals surface area contributed by atoms with E-state index in [1.807, 2.05) is 0 Å². The Kier molecular flexibility index (Phi) is 5.18. The van der Waals surface area contributed by atoms with Crippen molar-refractivity contribution < 1.29 is 4.79 Å². The number of carbonyl (C=O) groups excluding carboxylic acids is 1. The van der Waals surface area contributed by atoms with Crippen LogP contribution in [0.5, 0.6) is 0 Å². The van der Waals surface area contributed by atoms with E-state index in [1.165, 1.54) is 0 Å². The van der Waals surface area contributed by atoms with Crippen LogP contribution in [0.4, 0.5) is 0 Å². The highest BCUT2D eigenvalue weighted by molar-refractivity contribution is 5.75. The van der Waals surface area contributed by atoms with E-state index in [-0.39, 0.29) is 11.9 Å². The third kappa shape index (κ3) is 3.73. The fourth-order valence-electron chi connectivity index (χ4n) is 2.49. The molecular formula is C11H24N4O. The van der Waals surface area contributed by atoms with Gasteiger partial charge >= 0.3 is 0 Å². The highest BCUT2D eigenvalue weighted by atomic mass is 16.2. The van der Waals surface area contributed by atoms with Gasteiger partial charge < -0.3 is 4.90 Å². The molecule has 0 radical (unpaired) electrons. The van der Waals surface area contributed by atoms with Gasteiger partial charge in [-0.2, -0.15) is 0 Å². The molecule has 0 saturated carbocycles. The first kappa shape index (κ1) is 13.4. The lowest BCUT2D eigenvalue weighted by molar-refractivity contribution is -0.122. The number of nitrogens with zero attached hydrogens (tertiary/aromatic N) is 2. The maximum Gasteiger partial charge on any atom is 0.235 e. The molecule has 0 aromatic carbocycles. The second-order valence-corrected chi connectivity index (χ2v) is 4.82. The molecule has 5 heteroatoms. The summed E-state index contributed by atoms with van der Waals surface area (Å²) in [6.45, 7) is 7.57. The van der Waals surface area contributed by atoms with Crippen LogP contribution in [0.3, 0.4) is 0 Å². The SMILES string of the molecule is CC(CC(=O)NN)N1CCCN(C)CC1C. The molecule has 16 heavy (non-hydrogen) atoms. The van der Waals surface area contributed by atoms with Crippen molar-refractivity contribution in [1.82, 2.24) is 15.2 Å². The summed E-state index contributed by atoms with van der Waals surface area (Å²) in [5.74, 6) is 5.03. The Morgan fingerprint density at radius 2 is 2.25 bits per heavy atom. The van der Waals surface area contributed by atoms with Crippen LogP contribution in [0.1, 0.15) is 26.7 Å². The van der Waals surface area contributed by atoms with E-state index in [0.717, 1.165) is 26.1 Å². The van der Waals surface area contributed by atoms with Gasteiger partial charge in [-0.05, 0) is 40.4 Å². The second-order valence-electron chi connectivity index (χ2n) is 4.82. The summed E-state index contributed by atoms with van der Waals surface area (Å²) in [5.41, 5.74) is 2.20. The zero-order valence-electron chi connectivity index (χ0n) is 10.6. The Hall–Kier alpha value is -0.650. The fraction of sp³-hybridized carbons (Fsp3) is 0.909. The van der Waals surface area contributed by atoms with Gasteiger partial charge in [0.1, 0.15) is 0 Å². The van der Waals surface area contributed by atoms with E-state index in [4.69, 9.17) is 5.84 Å². The zero-order chi connectivity index (χ0) is 12.1. The Morgan fingerprint density at radius 1 is 1.56 bits per heavy atom. The lowest BCUT2D eigenvalue weighted by atomic mass is 10.1. The van der Waals surface area contributed by atoms with Gasteiger partial charge in [-0.1, -0.05) is 0 Å². The monoisotopic (exact) mass is 228 g/mol. The van der Waals surface area contributed by atoms with Crippen molar-refractivity contribution in [3.63, 3.8) is 0 Å². The normalized spacial score (nSPS) is 26.1. The molecule has 3 N–H and O–H groups in total. The first-order valence-corrected chi connectivity index (χ1v) is 5.98. The van der Waals surface area contributed by atoms with Gasteiger partial charge in [0.2, 0.25) is 5.91 Å². The lowest BCUT2D eigenvalue weighted by Crippen LogP contribution is -2.45. The molecule has 1 aliphatic rings. The third-order valence-corrected chi connectivity index (χ3v) is 3.31. The first-order chi connectivity index (χ1) is 7.54. The molecule has 5 nitrogen and oxygen atoms in total. The summed E-state index contributed by atoms with van der Waals surface area (Å²) in [7, 11) is 2.15. The highest BCUT2D eigenvalue weighted by Gasteiger charge is 2.24. The van der Waals surface area contributed by atoms with E-state index in [2.05, 4.69) is 36.1 Å². The van der Waals surface area contributed by atoms with E-state index >= 15 is 0 Å². The molecule has 0 spiro atoms. The quantitative estimate of drug-likeness (QED) is 0.398. The predicted octanol–water partition coefficient (Wildman–Crippen LogP) is -0.219. The Balaban J connectivity index is 2.52. The van der Waals surface area contributed by atoms with Gasteiger partial charge in [0.05, 0.1) is 0 Å². The van der Waals surface area contributed by atoms with Gasteiger partial charge in [-0.3, -0.25) is 15.1 Å². The van der Waals surface area contributed by atoms with Gasteiger partial charge in [0, 0.05) is 25.0 Å². The van der Waals surface area contributed by atoms with Gasteiger partial charge in [-0.25, -0.2) is 5.84 Å². The first-order valence-electron chi connectivity index (χ1n) is 5.98. The number of carbonyl (C=O) groups is 1. The van der Waals surface area contributed by atoms with Gasteiger partial charge in [0.25, 0.3) is 0 Å². The molecule has 1 aliphatic heterocycles. The van der Waals surface area contributed by atoms with Gasteiger partial charge in [0.15, 0.2) is 0 Å². The molecule has 1 rings (SSSR count). The minimum atomic E-state index is -0.0858. The number of likely N-dealkylation sites (N-methyl/N-ethyl adjacent to an activating group) is 1. The number of nitrogens with two attached hydrogens (primary N) is 1. The summed E-state index contributed by atoms with van der Waals surface area (Å²) in [6.07, 6.45) is 1.64. The number of amides is 1. The molecule has 1 amide bonds. The summed E-state index contributed by atoms with van der Waals surface area (Å²) in [5, 5.41) is 0. The smallest absolute Gasteiger partial charge is 0.235 e. The van der Waals surface area contributed by atoms with E-state index in [9.17, 15) is 4.79 Å². The molecular weight excluding hydrogens is 204 g/mol. The van der Waals surface area contributed by atoms with Crippen molar-refractivity contribution in [1.29, 1.82) is 0 Å². The van der Waals surface area contributed by atoms with Crippen molar-refractivity contribution in [2.24, 2.45) is 5.84 Å². The van der Waals surface area contributed by atoms with E-state index in [1.54, 1.807) is 0 Å². The molecule has 2 atom stereocenters. The standard InChI is InChI=1S/C11H24N4O/c1-9(7-11(16)13-12)15-6-4-5-14(3)8-10(15)2/h9-10H,4-8,12H2,1-3H3,(H,13,16). The van der Waals surface area contributed by atoms with Crippen LogP contribution >= 0.6 is 0 Å². The second kappa shape index (κ2) is 6.18. The predicted molar refractivity (Wildman–Crippen MR) is 64.7 cm³/mol. The van der Waals surface area contributed by atoms with Crippen LogP contribution < -0.4 is 11.3 Å². The number of hydrogen-bond acceptors (Lipinski definition) is 4. The number of nitrogens with one attached hydrogen (secondary N) is 1. The average Bonchev–Trinajstić information content (AvgIpc) is 2.38. The van der Waals surface area contributed by atoms with Crippen molar-refractivity contribution in [2.75, 3.05) is 26.7 Å². The zero-order valence-corrected chi connectivity index (χ0v) is 10.6. The number of hydrazine groups is 1. The van der Waals surface area contributed by atoms with E-state index in [0.29, 0.717) is 12.5 Å². The minimum absolute atomic E-state index is 0.0858. The summed E-state index contributed by atoms with van der Waals surface area (Å²) in [6, 6.07) is 0.748. The van der Waals surface area contributed by atoms with Crippen LogP contribution in [-0.2, 0) is 4.79 Å². The van der Waals surface area contributed by atoms with Crippen LogP contribution in [-0.4, -0.2) is 54.5 Å². The van der Waals surface area contributed by atoms with Crippen molar-refractivity contribution in [3.8, 4) is 0 Å². The third-order valence-electron chi connectivity index (χ3n) is 3.31. The summed E-state index contributed by atoms with van der Waals surface area (Å²) < 4.78 is 0. The number of rotatable bonds is 3. The van der Waals surface area contributed by atoms with Crippen molar-refractivity contribution in [3.05, 3.63) is 0 Å². The lowest BCUT2D eigenvalue weighted by Gasteiger charge is -2.33. The van der Waals surface area contributed by atoms with Crippen molar-refractivity contribution in [2.45, 2.75) is 38.8 Å². The molecule has 0 aromatic rings. The van der Waals surface area contributed by atoms with Crippen molar-refractivity contribution >= 4 is 5.91 Å². The molecule has 1 saturated heterocycles. The van der Waals surface area contributed by atoms with Crippen LogP contribution in [0, 0.1) is 0 Å². The van der Waals surface area contributed by atoms with E-state index < -0.39 is 0 Å². The Bertz CT molecular complexity index is 234. The molecule has 0 aliphatic carbocycles. The maximum atomic E-state index is 11.2. The highest BCUT2D eigenvalue weighted by Crippen LogP contribution is 2.14. The van der Waals surface area contributed by atoms with Crippen LogP contribution in [0.2, 0.25) is 0 Å². The summed E-state index contributed by atoms with van der Waals surface area (Å²) >= 11 is 0. The fourth-order valence-corrected chi connectivity index (χ4v) is 2.49. The molecule has 0 aromatic heterocycles. The van der Waals surface area contributed by atoms with Gasteiger partial charge in [-0.15, -0.1) is 0 Å². The van der Waals surface area contributed by atoms with Crippen LogP contribution in [0.25, 0.3) is 0 Å². The molecule has 1 fully saturated rings. The summed E-state index contributed by atoms with van der Waals surface area (Å²) in [4.78, 5) is 16.0.